The van der Waals surface area contributed by atoms with Crippen molar-refractivity contribution < 1.29 is 15.0 Å². The second kappa shape index (κ2) is 7.93. The van der Waals surface area contributed by atoms with E-state index in [0.29, 0.717) is 17.0 Å². The fourth-order valence-electron chi connectivity index (χ4n) is 2.80. The summed E-state index contributed by atoms with van der Waals surface area (Å²) in [6.45, 7) is 4.14. The van der Waals surface area contributed by atoms with E-state index in [1.807, 2.05) is 18.2 Å². The topological polar surface area (TPSA) is 57.5 Å². The zero-order chi connectivity index (χ0) is 17.6. The number of allylic oxidation sites excluding steroid dienone is 1. The predicted octanol–water partition coefficient (Wildman–Crippen LogP) is 4.23. The Hall–Kier alpha value is -2.39. The van der Waals surface area contributed by atoms with Crippen LogP contribution in [0.3, 0.4) is 0 Å². The number of carbonyl (C=O) groups is 1. The predicted molar refractivity (Wildman–Crippen MR) is 95.6 cm³/mol. The minimum absolute atomic E-state index is 0.428. The fourth-order valence-corrected chi connectivity index (χ4v) is 2.80. The highest BCUT2D eigenvalue weighted by Gasteiger charge is 2.43. The fraction of sp³-hybridized carbons (Fsp3) is 0.286. The molecule has 3 nitrogen and oxygen atoms in total. The lowest BCUT2D eigenvalue weighted by Crippen LogP contribution is -2.40. The number of aliphatic hydroxyl groups is 1. The molecule has 1 atom stereocenters. The monoisotopic (exact) mass is 324 g/mol. The maximum absolute atomic E-state index is 12.0. The molecule has 0 radical (unpaired) electrons. The van der Waals surface area contributed by atoms with Crippen molar-refractivity contribution in [2.24, 2.45) is 11.8 Å². The summed E-state index contributed by atoms with van der Waals surface area (Å²) in [7, 11) is 0. The SMILES string of the molecule is CC(C)C/C=C\C(C(=O)O)C(O)(c1ccccc1)c1ccccc1. The van der Waals surface area contributed by atoms with Gasteiger partial charge >= 0.3 is 5.97 Å². The number of hydrogen-bond donors (Lipinski definition) is 2. The van der Waals surface area contributed by atoms with Crippen LogP contribution in [-0.4, -0.2) is 16.2 Å². The molecule has 3 heteroatoms. The quantitative estimate of drug-likeness (QED) is 0.750. The summed E-state index contributed by atoms with van der Waals surface area (Å²) in [5.74, 6) is -1.69. The Bertz CT molecular complexity index is 635. The minimum Gasteiger partial charge on any atom is -0.481 e. The van der Waals surface area contributed by atoms with E-state index in [1.54, 1.807) is 54.6 Å². The lowest BCUT2D eigenvalue weighted by atomic mass is 9.75. The van der Waals surface area contributed by atoms with Crippen molar-refractivity contribution in [1.82, 2.24) is 0 Å². The number of rotatable bonds is 7. The maximum atomic E-state index is 12.0. The molecule has 0 saturated heterocycles. The van der Waals surface area contributed by atoms with Crippen molar-refractivity contribution in [1.29, 1.82) is 0 Å². The molecule has 0 aliphatic heterocycles. The molecular formula is C21H24O3. The number of benzene rings is 2. The van der Waals surface area contributed by atoms with Gasteiger partial charge in [-0.15, -0.1) is 0 Å². The molecule has 1 unspecified atom stereocenters. The molecule has 2 aromatic carbocycles. The summed E-state index contributed by atoms with van der Waals surface area (Å²) >= 11 is 0. The average molecular weight is 324 g/mol. The first kappa shape index (κ1) is 18.0. The Balaban J connectivity index is 2.55. The zero-order valence-electron chi connectivity index (χ0n) is 14.1. The first-order chi connectivity index (χ1) is 11.5. The van der Waals surface area contributed by atoms with Crippen molar-refractivity contribution in [3.05, 3.63) is 83.9 Å². The summed E-state index contributed by atoms with van der Waals surface area (Å²) < 4.78 is 0. The molecule has 0 bridgehead atoms. The maximum Gasteiger partial charge on any atom is 0.314 e. The van der Waals surface area contributed by atoms with Gasteiger partial charge in [0, 0.05) is 0 Å². The van der Waals surface area contributed by atoms with E-state index in [4.69, 9.17) is 0 Å². The van der Waals surface area contributed by atoms with Gasteiger partial charge in [0.15, 0.2) is 0 Å². The van der Waals surface area contributed by atoms with E-state index in [9.17, 15) is 15.0 Å². The van der Waals surface area contributed by atoms with Crippen LogP contribution in [0.15, 0.2) is 72.8 Å². The van der Waals surface area contributed by atoms with Gasteiger partial charge in [-0.2, -0.15) is 0 Å². The summed E-state index contributed by atoms with van der Waals surface area (Å²) in [6, 6.07) is 18.0. The van der Waals surface area contributed by atoms with Crippen molar-refractivity contribution >= 4 is 5.97 Å². The molecule has 0 aliphatic carbocycles. The van der Waals surface area contributed by atoms with Crippen LogP contribution in [0.1, 0.15) is 31.4 Å². The molecule has 2 N–H and O–H groups in total. The van der Waals surface area contributed by atoms with Gasteiger partial charge in [0.2, 0.25) is 0 Å². The molecule has 0 amide bonds. The van der Waals surface area contributed by atoms with Gasteiger partial charge in [0.05, 0.1) is 0 Å². The third-order valence-corrected chi connectivity index (χ3v) is 4.08. The van der Waals surface area contributed by atoms with E-state index >= 15 is 0 Å². The molecule has 126 valence electrons. The third kappa shape index (κ3) is 3.92. The van der Waals surface area contributed by atoms with Crippen LogP contribution in [0.4, 0.5) is 0 Å². The van der Waals surface area contributed by atoms with Gasteiger partial charge in [-0.1, -0.05) is 86.7 Å². The summed E-state index contributed by atoms with van der Waals surface area (Å²) in [4.78, 5) is 12.0. The van der Waals surface area contributed by atoms with Crippen molar-refractivity contribution in [2.75, 3.05) is 0 Å². The zero-order valence-corrected chi connectivity index (χ0v) is 14.1. The van der Waals surface area contributed by atoms with Crippen LogP contribution in [0.2, 0.25) is 0 Å². The molecular weight excluding hydrogens is 300 g/mol. The molecule has 0 aromatic heterocycles. The standard InChI is InChI=1S/C21H24O3/c1-16(2)10-9-15-19(20(22)23)21(24,17-11-5-3-6-12-17)18-13-7-4-8-14-18/h3-9,11-16,19,24H,10H2,1-2H3,(H,22,23)/b15-9-. The molecule has 0 saturated carbocycles. The van der Waals surface area contributed by atoms with Gasteiger partial charge in [-0.05, 0) is 23.5 Å². The van der Waals surface area contributed by atoms with Crippen molar-refractivity contribution in [3.63, 3.8) is 0 Å². The van der Waals surface area contributed by atoms with Gasteiger partial charge < -0.3 is 10.2 Å². The Labute approximate surface area is 143 Å². The lowest BCUT2D eigenvalue weighted by molar-refractivity contribution is -0.147. The van der Waals surface area contributed by atoms with Crippen LogP contribution in [0.5, 0.6) is 0 Å². The number of carboxylic acid groups (broad SMARTS) is 1. The van der Waals surface area contributed by atoms with Gasteiger partial charge in [0.1, 0.15) is 11.5 Å². The largest absolute Gasteiger partial charge is 0.481 e. The average Bonchev–Trinajstić information content (AvgIpc) is 2.59. The van der Waals surface area contributed by atoms with Gasteiger partial charge in [-0.25, -0.2) is 0 Å². The third-order valence-electron chi connectivity index (χ3n) is 4.08. The van der Waals surface area contributed by atoms with E-state index in [0.717, 1.165) is 6.42 Å². The van der Waals surface area contributed by atoms with Crippen LogP contribution >= 0.6 is 0 Å². The molecule has 0 spiro atoms. The molecule has 2 rings (SSSR count). The smallest absolute Gasteiger partial charge is 0.314 e. The highest BCUT2D eigenvalue weighted by molar-refractivity contribution is 5.75. The Morgan fingerprint density at radius 2 is 1.46 bits per heavy atom. The van der Waals surface area contributed by atoms with Crippen LogP contribution < -0.4 is 0 Å². The molecule has 24 heavy (non-hydrogen) atoms. The van der Waals surface area contributed by atoms with Gasteiger partial charge in [0.25, 0.3) is 0 Å². The second-order valence-electron chi connectivity index (χ2n) is 6.37. The van der Waals surface area contributed by atoms with E-state index in [-0.39, 0.29) is 0 Å². The van der Waals surface area contributed by atoms with Crippen LogP contribution in [0, 0.1) is 11.8 Å². The van der Waals surface area contributed by atoms with E-state index < -0.39 is 17.5 Å². The van der Waals surface area contributed by atoms with Crippen molar-refractivity contribution in [2.45, 2.75) is 25.9 Å². The normalized spacial score (nSPS) is 13.3. The number of aliphatic carboxylic acids is 1. The summed E-state index contributed by atoms with van der Waals surface area (Å²) in [5, 5.41) is 21.3. The molecule has 2 aromatic rings. The lowest BCUT2D eigenvalue weighted by Gasteiger charge is -2.33. The molecule has 0 aliphatic rings. The highest BCUT2D eigenvalue weighted by atomic mass is 16.4. The summed E-state index contributed by atoms with van der Waals surface area (Å²) in [5.41, 5.74) is -0.488. The number of carboxylic acids is 1. The first-order valence-electron chi connectivity index (χ1n) is 8.19. The number of hydrogen-bond acceptors (Lipinski definition) is 2. The first-order valence-corrected chi connectivity index (χ1v) is 8.19. The molecule has 0 heterocycles. The Morgan fingerprint density at radius 1 is 1.00 bits per heavy atom. The second-order valence-corrected chi connectivity index (χ2v) is 6.37. The summed E-state index contributed by atoms with van der Waals surface area (Å²) in [6.07, 6.45) is 4.23. The molecule has 0 fully saturated rings. The van der Waals surface area contributed by atoms with Crippen LogP contribution in [0.25, 0.3) is 0 Å². The van der Waals surface area contributed by atoms with Gasteiger partial charge in [-0.3, -0.25) is 4.79 Å². The Kier molecular flexibility index (Phi) is 5.93. The highest BCUT2D eigenvalue weighted by Crippen LogP contribution is 2.38. The van der Waals surface area contributed by atoms with Crippen molar-refractivity contribution in [3.8, 4) is 0 Å². The minimum atomic E-state index is -1.62. The van der Waals surface area contributed by atoms with Crippen LogP contribution in [-0.2, 0) is 10.4 Å². The Morgan fingerprint density at radius 3 is 1.83 bits per heavy atom. The van der Waals surface area contributed by atoms with E-state index in [2.05, 4.69) is 13.8 Å². The van der Waals surface area contributed by atoms with E-state index in [1.165, 1.54) is 0 Å².